The third-order valence-electron chi connectivity index (χ3n) is 3.24. The van der Waals surface area contributed by atoms with Crippen molar-refractivity contribution < 1.29 is 4.79 Å². The summed E-state index contributed by atoms with van der Waals surface area (Å²) >= 11 is 0. The van der Waals surface area contributed by atoms with E-state index in [0.29, 0.717) is 13.1 Å². The molecular weight excluding hydrogens is 214 g/mol. The zero-order chi connectivity index (χ0) is 12.7. The molecule has 1 fully saturated rings. The summed E-state index contributed by atoms with van der Waals surface area (Å²) in [7, 11) is 0. The Hall–Kier alpha value is -1.24. The van der Waals surface area contributed by atoms with Crippen molar-refractivity contribution in [1.82, 2.24) is 9.80 Å². The SMILES string of the molecule is CCN(CC(C)C#N)C(=O)N1CCCCCC1. The van der Waals surface area contributed by atoms with Gasteiger partial charge in [0.05, 0.1) is 12.0 Å². The summed E-state index contributed by atoms with van der Waals surface area (Å²) in [6, 6.07) is 2.30. The van der Waals surface area contributed by atoms with Crippen molar-refractivity contribution in [3.8, 4) is 6.07 Å². The van der Waals surface area contributed by atoms with Crippen molar-refractivity contribution in [2.24, 2.45) is 5.92 Å². The molecule has 1 heterocycles. The van der Waals surface area contributed by atoms with Gasteiger partial charge >= 0.3 is 6.03 Å². The van der Waals surface area contributed by atoms with E-state index in [1.165, 1.54) is 12.8 Å². The Morgan fingerprint density at radius 3 is 2.41 bits per heavy atom. The molecule has 0 bridgehead atoms. The molecule has 1 atom stereocenters. The summed E-state index contributed by atoms with van der Waals surface area (Å²) in [5.74, 6) is -0.0918. The molecule has 1 rings (SSSR count). The monoisotopic (exact) mass is 237 g/mol. The van der Waals surface area contributed by atoms with Gasteiger partial charge in [-0.3, -0.25) is 0 Å². The van der Waals surface area contributed by atoms with Crippen LogP contribution in [-0.2, 0) is 0 Å². The first-order chi connectivity index (χ1) is 8.19. The highest BCUT2D eigenvalue weighted by Gasteiger charge is 2.21. The van der Waals surface area contributed by atoms with E-state index in [1.54, 1.807) is 4.90 Å². The lowest BCUT2D eigenvalue weighted by molar-refractivity contribution is 0.153. The molecule has 0 N–H and O–H groups in total. The van der Waals surface area contributed by atoms with Gasteiger partial charge in [-0.1, -0.05) is 12.8 Å². The first-order valence-electron chi connectivity index (χ1n) is 6.62. The van der Waals surface area contributed by atoms with Crippen LogP contribution >= 0.6 is 0 Å². The Morgan fingerprint density at radius 1 is 1.35 bits per heavy atom. The molecule has 2 amide bonds. The van der Waals surface area contributed by atoms with Gasteiger partial charge in [0.1, 0.15) is 0 Å². The van der Waals surface area contributed by atoms with Crippen LogP contribution in [-0.4, -0.2) is 42.0 Å². The number of urea groups is 1. The van der Waals surface area contributed by atoms with Gasteiger partial charge in [-0.2, -0.15) is 5.26 Å². The maximum Gasteiger partial charge on any atom is 0.320 e. The van der Waals surface area contributed by atoms with Gasteiger partial charge in [-0.05, 0) is 26.7 Å². The largest absolute Gasteiger partial charge is 0.325 e. The molecule has 4 nitrogen and oxygen atoms in total. The van der Waals surface area contributed by atoms with Gasteiger partial charge in [0, 0.05) is 26.2 Å². The average Bonchev–Trinajstić information content (AvgIpc) is 2.63. The standard InChI is InChI=1S/C13H23N3O/c1-3-15(11-12(2)10-14)13(17)16-8-6-4-5-7-9-16/h12H,3-9,11H2,1-2H3. The fourth-order valence-electron chi connectivity index (χ4n) is 2.18. The highest BCUT2D eigenvalue weighted by molar-refractivity contribution is 5.74. The fourth-order valence-corrected chi connectivity index (χ4v) is 2.18. The molecule has 0 spiro atoms. The van der Waals surface area contributed by atoms with Crippen molar-refractivity contribution in [3.05, 3.63) is 0 Å². The Balaban J connectivity index is 2.55. The van der Waals surface area contributed by atoms with E-state index in [4.69, 9.17) is 5.26 Å². The van der Waals surface area contributed by atoms with Crippen LogP contribution in [0.25, 0.3) is 0 Å². The minimum Gasteiger partial charge on any atom is -0.325 e. The van der Waals surface area contributed by atoms with Crippen LogP contribution in [0.3, 0.4) is 0 Å². The van der Waals surface area contributed by atoms with Gasteiger partial charge < -0.3 is 9.80 Å². The molecule has 4 heteroatoms. The molecule has 0 aromatic heterocycles. The molecule has 1 aliphatic heterocycles. The lowest BCUT2D eigenvalue weighted by Gasteiger charge is -2.29. The van der Waals surface area contributed by atoms with Crippen molar-refractivity contribution in [1.29, 1.82) is 5.26 Å². The van der Waals surface area contributed by atoms with Crippen molar-refractivity contribution in [2.45, 2.75) is 39.5 Å². The summed E-state index contributed by atoms with van der Waals surface area (Å²) < 4.78 is 0. The molecule has 96 valence electrons. The minimum atomic E-state index is -0.0918. The lowest BCUT2D eigenvalue weighted by Crippen LogP contribution is -2.45. The topological polar surface area (TPSA) is 47.3 Å². The molecule has 1 aliphatic rings. The van der Waals surface area contributed by atoms with Crippen LogP contribution in [0, 0.1) is 17.2 Å². The third-order valence-corrected chi connectivity index (χ3v) is 3.24. The first kappa shape index (κ1) is 13.8. The van der Waals surface area contributed by atoms with Crippen molar-refractivity contribution in [3.63, 3.8) is 0 Å². The molecular formula is C13H23N3O. The zero-order valence-electron chi connectivity index (χ0n) is 11.0. The van der Waals surface area contributed by atoms with Gasteiger partial charge in [-0.25, -0.2) is 4.79 Å². The van der Waals surface area contributed by atoms with Crippen molar-refractivity contribution >= 4 is 6.03 Å². The smallest absolute Gasteiger partial charge is 0.320 e. The van der Waals surface area contributed by atoms with Gasteiger partial charge in [-0.15, -0.1) is 0 Å². The average molecular weight is 237 g/mol. The van der Waals surface area contributed by atoms with Crippen molar-refractivity contribution in [2.75, 3.05) is 26.2 Å². The second-order valence-electron chi connectivity index (χ2n) is 4.75. The van der Waals surface area contributed by atoms with Crippen LogP contribution in [0.1, 0.15) is 39.5 Å². The molecule has 0 aromatic carbocycles. The van der Waals surface area contributed by atoms with Crippen LogP contribution in [0.4, 0.5) is 4.79 Å². The number of carbonyl (C=O) groups is 1. The number of nitriles is 1. The van der Waals surface area contributed by atoms with E-state index in [0.717, 1.165) is 25.9 Å². The van der Waals surface area contributed by atoms with Gasteiger partial charge in [0.15, 0.2) is 0 Å². The fraction of sp³-hybridized carbons (Fsp3) is 0.846. The van der Waals surface area contributed by atoms with Gasteiger partial charge in [0.2, 0.25) is 0 Å². The Bertz CT molecular complexity index is 277. The predicted molar refractivity (Wildman–Crippen MR) is 67.5 cm³/mol. The van der Waals surface area contributed by atoms with E-state index in [2.05, 4.69) is 6.07 Å². The van der Waals surface area contributed by atoms with E-state index >= 15 is 0 Å². The molecule has 0 saturated carbocycles. The quantitative estimate of drug-likeness (QED) is 0.757. The van der Waals surface area contributed by atoms with E-state index in [1.807, 2.05) is 18.7 Å². The normalized spacial score (nSPS) is 18.1. The number of hydrogen-bond acceptors (Lipinski definition) is 2. The highest BCUT2D eigenvalue weighted by atomic mass is 16.2. The third kappa shape index (κ3) is 4.26. The minimum absolute atomic E-state index is 0.0918. The molecule has 0 aliphatic carbocycles. The van der Waals surface area contributed by atoms with E-state index in [9.17, 15) is 4.79 Å². The van der Waals surface area contributed by atoms with Crippen LogP contribution < -0.4 is 0 Å². The molecule has 0 radical (unpaired) electrons. The zero-order valence-corrected chi connectivity index (χ0v) is 11.0. The summed E-state index contributed by atoms with van der Waals surface area (Å²) in [4.78, 5) is 16.0. The number of hydrogen-bond donors (Lipinski definition) is 0. The number of amides is 2. The number of likely N-dealkylation sites (tertiary alicyclic amines) is 1. The first-order valence-corrected chi connectivity index (χ1v) is 6.62. The van der Waals surface area contributed by atoms with E-state index in [-0.39, 0.29) is 11.9 Å². The summed E-state index contributed by atoms with van der Waals surface area (Å²) in [5.41, 5.74) is 0. The van der Waals surface area contributed by atoms with Crippen LogP contribution in [0.5, 0.6) is 0 Å². The second-order valence-corrected chi connectivity index (χ2v) is 4.75. The number of rotatable bonds is 3. The maximum absolute atomic E-state index is 12.3. The number of carbonyl (C=O) groups excluding carboxylic acids is 1. The summed E-state index contributed by atoms with van der Waals surface area (Å²) in [5, 5.41) is 8.81. The maximum atomic E-state index is 12.3. The molecule has 1 saturated heterocycles. The van der Waals surface area contributed by atoms with Crippen LogP contribution in [0.2, 0.25) is 0 Å². The summed E-state index contributed by atoms with van der Waals surface area (Å²) in [6.45, 7) is 6.80. The molecule has 17 heavy (non-hydrogen) atoms. The Morgan fingerprint density at radius 2 is 1.94 bits per heavy atom. The Labute approximate surface area is 104 Å². The predicted octanol–water partition coefficient (Wildman–Crippen LogP) is 2.46. The highest BCUT2D eigenvalue weighted by Crippen LogP contribution is 2.12. The van der Waals surface area contributed by atoms with E-state index < -0.39 is 0 Å². The molecule has 0 aromatic rings. The molecule has 1 unspecified atom stereocenters. The van der Waals surface area contributed by atoms with Gasteiger partial charge in [0.25, 0.3) is 0 Å². The Kier molecular flexibility index (Phi) is 5.82. The lowest BCUT2D eigenvalue weighted by atomic mass is 10.2. The second kappa shape index (κ2) is 7.16. The van der Waals surface area contributed by atoms with Crippen LogP contribution in [0.15, 0.2) is 0 Å². The summed E-state index contributed by atoms with van der Waals surface area (Å²) in [6.07, 6.45) is 4.67. The number of nitrogens with zero attached hydrogens (tertiary/aromatic N) is 3.